The molecule has 25 heavy (non-hydrogen) atoms. The van der Waals surface area contributed by atoms with Crippen LogP contribution in [0.25, 0.3) is 0 Å². The maximum absolute atomic E-state index is 12.5. The second-order valence-corrected chi connectivity index (χ2v) is 7.27. The SMILES string of the molecule is C[C@H](C#N)OC(=O)c1ccc(Cl)c(S(=O)(=O)NCc2ccccc2)c1. The number of carbonyl (C=O) groups excluding carboxylic acids is 1. The highest BCUT2D eigenvalue weighted by molar-refractivity contribution is 7.89. The third-order valence-corrected chi connectivity index (χ3v) is 5.11. The van der Waals surface area contributed by atoms with Gasteiger partial charge in [-0.05, 0) is 30.7 Å². The van der Waals surface area contributed by atoms with Crippen molar-refractivity contribution in [1.82, 2.24) is 4.72 Å². The minimum Gasteiger partial charge on any atom is -0.444 e. The van der Waals surface area contributed by atoms with Gasteiger partial charge in [0.15, 0.2) is 6.10 Å². The lowest BCUT2D eigenvalue weighted by atomic mass is 10.2. The van der Waals surface area contributed by atoms with E-state index >= 15 is 0 Å². The van der Waals surface area contributed by atoms with E-state index in [4.69, 9.17) is 21.6 Å². The van der Waals surface area contributed by atoms with Crippen LogP contribution in [0.2, 0.25) is 5.02 Å². The van der Waals surface area contributed by atoms with Crippen LogP contribution in [0.1, 0.15) is 22.8 Å². The van der Waals surface area contributed by atoms with Crippen LogP contribution in [-0.4, -0.2) is 20.5 Å². The van der Waals surface area contributed by atoms with Gasteiger partial charge in [-0.25, -0.2) is 17.9 Å². The molecule has 1 N–H and O–H groups in total. The van der Waals surface area contributed by atoms with Crippen LogP contribution in [0.3, 0.4) is 0 Å². The quantitative estimate of drug-likeness (QED) is 0.779. The van der Waals surface area contributed by atoms with Gasteiger partial charge in [-0.1, -0.05) is 41.9 Å². The van der Waals surface area contributed by atoms with Crippen molar-refractivity contribution in [1.29, 1.82) is 5.26 Å². The Kier molecular flexibility index (Phi) is 6.15. The summed E-state index contributed by atoms with van der Waals surface area (Å²) in [6.45, 7) is 1.49. The highest BCUT2D eigenvalue weighted by Crippen LogP contribution is 2.23. The van der Waals surface area contributed by atoms with Gasteiger partial charge in [-0.3, -0.25) is 0 Å². The maximum Gasteiger partial charge on any atom is 0.339 e. The molecule has 130 valence electrons. The summed E-state index contributed by atoms with van der Waals surface area (Å²) in [5, 5.41) is 8.66. The van der Waals surface area contributed by atoms with Crippen molar-refractivity contribution < 1.29 is 17.9 Å². The van der Waals surface area contributed by atoms with E-state index in [1.165, 1.54) is 19.1 Å². The first-order valence-electron chi connectivity index (χ1n) is 7.27. The molecule has 0 saturated carbocycles. The zero-order valence-electron chi connectivity index (χ0n) is 13.3. The molecule has 6 nitrogen and oxygen atoms in total. The number of halogens is 1. The molecule has 0 saturated heterocycles. The Morgan fingerprint density at radius 1 is 1.28 bits per heavy atom. The summed E-state index contributed by atoms with van der Waals surface area (Å²) in [6, 6.07) is 14.5. The number of sulfonamides is 1. The summed E-state index contributed by atoms with van der Waals surface area (Å²) >= 11 is 5.98. The van der Waals surface area contributed by atoms with Crippen LogP contribution in [0.4, 0.5) is 0 Å². The molecule has 2 aromatic carbocycles. The number of nitriles is 1. The first kappa shape index (κ1) is 18.9. The van der Waals surface area contributed by atoms with Crippen molar-refractivity contribution in [3.05, 3.63) is 64.7 Å². The monoisotopic (exact) mass is 378 g/mol. The van der Waals surface area contributed by atoms with Crippen LogP contribution in [0.5, 0.6) is 0 Å². The number of nitrogens with one attached hydrogen (secondary N) is 1. The summed E-state index contributed by atoms with van der Waals surface area (Å²) in [7, 11) is -3.93. The van der Waals surface area contributed by atoms with Crippen LogP contribution >= 0.6 is 11.6 Å². The van der Waals surface area contributed by atoms with E-state index in [0.717, 1.165) is 11.6 Å². The first-order chi connectivity index (χ1) is 11.8. The highest BCUT2D eigenvalue weighted by Gasteiger charge is 2.21. The Morgan fingerprint density at radius 2 is 1.96 bits per heavy atom. The zero-order valence-corrected chi connectivity index (χ0v) is 14.8. The number of esters is 1. The molecule has 0 unspecified atom stereocenters. The predicted molar refractivity (Wildman–Crippen MR) is 92.4 cm³/mol. The van der Waals surface area contributed by atoms with Crippen molar-refractivity contribution in [3.63, 3.8) is 0 Å². The van der Waals surface area contributed by atoms with Gasteiger partial charge in [-0.15, -0.1) is 0 Å². The van der Waals surface area contributed by atoms with Crippen LogP contribution in [0, 0.1) is 11.3 Å². The first-order valence-corrected chi connectivity index (χ1v) is 9.13. The standard InChI is InChI=1S/C17H15ClN2O4S/c1-12(10-19)24-17(21)14-7-8-15(18)16(9-14)25(22,23)20-11-13-5-3-2-4-6-13/h2-9,12,20H,11H2,1H3/t12-/m1/s1. The minimum atomic E-state index is -3.93. The van der Waals surface area contributed by atoms with Gasteiger partial charge in [0.25, 0.3) is 0 Å². The number of carbonyl (C=O) groups is 1. The summed E-state index contributed by atoms with van der Waals surface area (Å²) in [6.07, 6.45) is -0.945. The lowest BCUT2D eigenvalue weighted by Gasteiger charge is -2.11. The largest absolute Gasteiger partial charge is 0.444 e. The van der Waals surface area contributed by atoms with Gasteiger partial charge >= 0.3 is 5.97 Å². The van der Waals surface area contributed by atoms with Crippen LogP contribution < -0.4 is 4.72 Å². The molecule has 0 bridgehead atoms. The molecule has 0 radical (unpaired) electrons. The fourth-order valence-electron chi connectivity index (χ4n) is 1.94. The van der Waals surface area contributed by atoms with Crippen LogP contribution in [0.15, 0.2) is 53.4 Å². The fraction of sp³-hybridized carbons (Fsp3) is 0.176. The van der Waals surface area contributed by atoms with E-state index in [1.807, 2.05) is 6.07 Å². The van der Waals surface area contributed by atoms with Crippen molar-refractivity contribution >= 4 is 27.6 Å². The lowest BCUT2D eigenvalue weighted by Crippen LogP contribution is -2.24. The molecule has 0 aromatic heterocycles. The van der Waals surface area contributed by atoms with Crippen LogP contribution in [-0.2, 0) is 21.3 Å². The molecule has 0 amide bonds. The Morgan fingerprint density at radius 3 is 2.60 bits per heavy atom. The second-order valence-electron chi connectivity index (χ2n) is 5.13. The van der Waals surface area contributed by atoms with E-state index in [1.54, 1.807) is 30.3 Å². The van der Waals surface area contributed by atoms with E-state index < -0.39 is 22.1 Å². The summed E-state index contributed by atoms with van der Waals surface area (Å²) < 4.78 is 32.3. The van der Waals surface area contributed by atoms with E-state index in [2.05, 4.69) is 4.72 Å². The number of ether oxygens (including phenoxy) is 1. The number of hydrogen-bond donors (Lipinski definition) is 1. The van der Waals surface area contributed by atoms with Gasteiger partial charge in [0.05, 0.1) is 10.6 Å². The number of nitrogens with zero attached hydrogens (tertiary/aromatic N) is 1. The summed E-state index contributed by atoms with van der Waals surface area (Å²) in [5.74, 6) is -0.801. The number of rotatable bonds is 6. The molecular weight excluding hydrogens is 364 g/mol. The molecule has 0 spiro atoms. The minimum absolute atomic E-state index is 0.00779. The van der Waals surface area contributed by atoms with Gasteiger partial charge < -0.3 is 4.74 Å². The van der Waals surface area contributed by atoms with Gasteiger partial charge in [0.2, 0.25) is 10.0 Å². The smallest absolute Gasteiger partial charge is 0.339 e. The van der Waals surface area contributed by atoms with Crippen molar-refractivity contribution in [2.45, 2.75) is 24.5 Å². The summed E-state index contributed by atoms with van der Waals surface area (Å²) in [5.41, 5.74) is 0.771. The normalized spacial score (nSPS) is 12.2. The van der Waals surface area contributed by atoms with Crippen molar-refractivity contribution in [2.75, 3.05) is 0 Å². The summed E-state index contributed by atoms with van der Waals surface area (Å²) in [4.78, 5) is 11.7. The van der Waals surface area contributed by atoms with Gasteiger partial charge in [-0.2, -0.15) is 5.26 Å². The zero-order chi connectivity index (χ0) is 18.4. The van der Waals surface area contributed by atoms with E-state index in [-0.39, 0.29) is 22.0 Å². The Bertz CT molecular complexity index is 908. The predicted octanol–water partition coefficient (Wildman–Crippen LogP) is 2.89. The van der Waals surface area contributed by atoms with Gasteiger partial charge in [0.1, 0.15) is 11.0 Å². The average molecular weight is 379 g/mol. The lowest BCUT2D eigenvalue weighted by molar-refractivity contribution is 0.0435. The van der Waals surface area contributed by atoms with Crippen molar-refractivity contribution in [2.24, 2.45) is 0 Å². The molecule has 0 heterocycles. The number of benzene rings is 2. The highest BCUT2D eigenvalue weighted by atomic mass is 35.5. The molecule has 1 atom stereocenters. The van der Waals surface area contributed by atoms with E-state index in [9.17, 15) is 13.2 Å². The van der Waals surface area contributed by atoms with Crippen molar-refractivity contribution in [3.8, 4) is 6.07 Å². The maximum atomic E-state index is 12.5. The fourth-order valence-corrected chi connectivity index (χ4v) is 3.48. The average Bonchev–Trinajstić information content (AvgIpc) is 2.61. The molecule has 0 aliphatic heterocycles. The molecule has 2 rings (SSSR count). The van der Waals surface area contributed by atoms with E-state index in [0.29, 0.717) is 0 Å². The Hall–Kier alpha value is -2.40. The third-order valence-electron chi connectivity index (χ3n) is 3.23. The molecule has 0 fully saturated rings. The molecule has 8 heteroatoms. The van der Waals surface area contributed by atoms with Gasteiger partial charge in [0, 0.05) is 6.54 Å². The molecule has 0 aliphatic carbocycles. The topological polar surface area (TPSA) is 96.3 Å². The third kappa shape index (κ3) is 5.03. The Labute approximate surface area is 151 Å². The molecule has 2 aromatic rings. The molecule has 0 aliphatic rings. The molecular formula is C17H15ClN2O4S. The second kappa shape index (κ2) is 8.12. The Balaban J connectivity index is 2.23. The number of hydrogen-bond acceptors (Lipinski definition) is 5.